The molecule has 2 aliphatic heterocycles. The fraction of sp³-hybridized carbons (Fsp3) is 0.696. The van der Waals surface area contributed by atoms with E-state index in [0.717, 1.165) is 31.5 Å². The van der Waals surface area contributed by atoms with Crippen LogP contribution in [0.2, 0.25) is 0 Å². The van der Waals surface area contributed by atoms with Crippen LogP contribution < -0.4 is 0 Å². The van der Waals surface area contributed by atoms with Gasteiger partial charge < -0.3 is 14.5 Å². The van der Waals surface area contributed by atoms with Crippen molar-refractivity contribution in [1.82, 2.24) is 9.80 Å². The lowest BCUT2D eigenvalue weighted by atomic mass is 9.88. The molecule has 150 valence electrons. The maximum atomic E-state index is 12.7. The Morgan fingerprint density at radius 1 is 1.07 bits per heavy atom. The van der Waals surface area contributed by atoms with Crippen molar-refractivity contribution in [2.24, 2.45) is 5.92 Å². The summed E-state index contributed by atoms with van der Waals surface area (Å²) in [5, 5.41) is 0. The Morgan fingerprint density at radius 2 is 1.81 bits per heavy atom. The zero-order valence-electron chi connectivity index (χ0n) is 17.1. The molecule has 0 saturated carbocycles. The molecule has 0 spiro atoms. The third kappa shape index (κ3) is 5.25. The first kappa shape index (κ1) is 20.2. The molecule has 4 heteroatoms. The van der Waals surface area contributed by atoms with Crippen LogP contribution in [0, 0.1) is 5.92 Å². The van der Waals surface area contributed by atoms with Crippen LogP contribution in [0.4, 0.5) is 4.79 Å². The van der Waals surface area contributed by atoms with E-state index in [9.17, 15) is 4.79 Å². The number of hydrogen-bond donors (Lipinski definition) is 0. The van der Waals surface area contributed by atoms with Crippen LogP contribution in [-0.4, -0.2) is 48.1 Å². The molecule has 2 saturated heterocycles. The van der Waals surface area contributed by atoms with E-state index in [0.29, 0.717) is 5.92 Å². The van der Waals surface area contributed by atoms with Crippen molar-refractivity contribution in [2.75, 3.05) is 26.2 Å². The topological polar surface area (TPSA) is 32.8 Å². The van der Waals surface area contributed by atoms with Crippen LogP contribution in [0.1, 0.15) is 70.5 Å². The predicted octanol–water partition coefficient (Wildman–Crippen LogP) is 5.25. The van der Waals surface area contributed by atoms with Crippen LogP contribution in [0.5, 0.6) is 0 Å². The van der Waals surface area contributed by atoms with E-state index in [2.05, 4.69) is 30.9 Å². The Morgan fingerprint density at radius 3 is 2.52 bits per heavy atom. The van der Waals surface area contributed by atoms with E-state index in [1.807, 2.05) is 23.1 Å². The van der Waals surface area contributed by atoms with Gasteiger partial charge in [0.1, 0.15) is 6.10 Å². The van der Waals surface area contributed by atoms with Gasteiger partial charge in [-0.05, 0) is 56.8 Å². The molecular formula is C23H36N2O2. The molecule has 1 aromatic rings. The van der Waals surface area contributed by atoms with Crippen molar-refractivity contribution in [1.29, 1.82) is 0 Å². The van der Waals surface area contributed by atoms with Crippen LogP contribution >= 0.6 is 0 Å². The molecule has 2 fully saturated rings. The minimum Gasteiger partial charge on any atom is -0.439 e. The predicted molar refractivity (Wildman–Crippen MR) is 110 cm³/mol. The Hall–Kier alpha value is -1.55. The van der Waals surface area contributed by atoms with Crippen molar-refractivity contribution in [2.45, 2.75) is 70.9 Å². The Labute approximate surface area is 164 Å². The van der Waals surface area contributed by atoms with Crippen molar-refractivity contribution in [3.05, 3.63) is 35.9 Å². The summed E-state index contributed by atoms with van der Waals surface area (Å²) < 4.78 is 5.89. The molecule has 0 aliphatic carbocycles. The third-order valence-electron chi connectivity index (χ3n) is 6.18. The fourth-order valence-corrected chi connectivity index (χ4v) is 4.63. The number of carbonyl (C=O) groups is 1. The van der Waals surface area contributed by atoms with Gasteiger partial charge in [-0.1, -0.05) is 63.4 Å². The maximum absolute atomic E-state index is 12.7. The molecule has 0 bridgehead atoms. The first-order chi connectivity index (χ1) is 13.2. The number of nitrogens with zero attached hydrogens (tertiary/aromatic N) is 2. The molecule has 0 N–H and O–H groups in total. The summed E-state index contributed by atoms with van der Waals surface area (Å²) in [6, 6.07) is 10.4. The molecule has 3 unspecified atom stereocenters. The normalized spacial score (nSPS) is 24.8. The van der Waals surface area contributed by atoms with Gasteiger partial charge in [-0.25, -0.2) is 4.79 Å². The Bertz CT molecular complexity index is 571. The summed E-state index contributed by atoms with van der Waals surface area (Å²) in [6.45, 7) is 8.85. The highest BCUT2D eigenvalue weighted by Crippen LogP contribution is 2.38. The van der Waals surface area contributed by atoms with Crippen LogP contribution in [0.25, 0.3) is 0 Å². The van der Waals surface area contributed by atoms with E-state index >= 15 is 0 Å². The highest BCUT2D eigenvalue weighted by Gasteiger charge is 2.44. The number of amides is 1. The number of likely N-dealkylation sites (tertiary alicyclic amines) is 1. The number of ether oxygens (including phenoxy) is 1. The number of unbranched alkanes of at least 4 members (excludes halogenated alkanes) is 1. The van der Waals surface area contributed by atoms with E-state index in [4.69, 9.17) is 4.74 Å². The fourth-order valence-electron chi connectivity index (χ4n) is 4.63. The molecule has 27 heavy (non-hydrogen) atoms. The number of carbonyl (C=O) groups excluding carboxylic acids is 1. The highest BCUT2D eigenvalue weighted by atomic mass is 16.6. The largest absolute Gasteiger partial charge is 0.439 e. The van der Waals surface area contributed by atoms with Crippen molar-refractivity contribution in [3.8, 4) is 0 Å². The summed E-state index contributed by atoms with van der Waals surface area (Å²) >= 11 is 0. The molecule has 0 radical (unpaired) electrons. The molecular weight excluding hydrogens is 336 g/mol. The highest BCUT2D eigenvalue weighted by molar-refractivity contribution is 5.71. The van der Waals surface area contributed by atoms with Gasteiger partial charge in [0.15, 0.2) is 0 Å². The van der Waals surface area contributed by atoms with Gasteiger partial charge in [0.25, 0.3) is 0 Å². The van der Waals surface area contributed by atoms with Gasteiger partial charge in [-0.3, -0.25) is 0 Å². The van der Waals surface area contributed by atoms with E-state index in [1.165, 1.54) is 45.2 Å². The average Bonchev–Trinajstić information content (AvgIpc) is 3.04. The summed E-state index contributed by atoms with van der Waals surface area (Å²) in [6.07, 6.45) is 8.31. The second-order valence-corrected chi connectivity index (χ2v) is 8.27. The Balaban J connectivity index is 1.66. The SMILES string of the molecule is CCCCC(C)C1C(c2ccccc2)OC(=O)N1CCCN1CCCCC1. The number of hydrogen-bond acceptors (Lipinski definition) is 3. The first-order valence-corrected chi connectivity index (χ1v) is 10.9. The smallest absolute Gasteiger partial charge is 0.410 e. The summed E-state index contributed by atoms with van der Waals surface area (Å²) in [4.78, 5) is 17.3. The minimum absolute atomic E-state index is 0.129. The summed E-state index contributed by atoms with van der Waals surface area (Å²) in [7, 11) is 0. The zero-order chi connectivity index (χ0) is 19.1. The number of benzene rings is 1. The number of piperidine rings is 1. The van der Waals surface area contributed by atoms with Crippen LogP contribution in [0.15, 0.2) is 30.3 Å². The second kappa shape index (κ2) is 10.1. The van der Waals surface area contributed by atoms with Gasteiger partial charge in [-0.2, -0.15) is 0 Å². The lowest BCUT2D eigenvalue weighted by molar-refractivity contribution is 0.123. The lowest BCUT2D eigenvalue weighted by Gasteiger charge is -2.31. The van der Waals surface area contributed by atoms with Gasteiger partial charge in [0, 0.05) is 6.54 Å². The lowest BCUT2D eigenvalue weighted by Crippen LogP contribution is -2.41. The number of rotatable bonds is 9. The van der Waals surface area contributed by atoms with E-state index in [1.54, 1.807) is 0 Å². The van der Waals surface area contributed by atoms with Crippen molar-refractivity contribution >= 4 is 6.09 Å². The van der Waals surface area contributed by atoms with Gasteiger partial charge >= 0.3 is 6.09 Å². The molecule has 1 amide bonds. The monoisotopic (exact) mass is 372 g/mol. The average molecular weight is 373 g/mol. The molecule has 2 aliphatic rings. The second-order valence-electron chi connectivity index (χ2n) is 8.27. The standard InChI is InChI=1S/C23H36N2O2/c1-3-4-12-19(2)21-22(20-13-7-5-8-14-20)27-23(26)25(21)18-11-17-24-15-9-6-10-16-24/h5,7-8,13-14,19,21-22H,3-4,6,9-12,15-18H2,1-2H3. The van der Waals surface area contributed by atoms with E-state index in [-0.39, 0.29) is 18.2 Å². The molecule has 0 aromatic heterocycles. The first-order valence-electron chi connectivity index (χ1n) is 10.9. The van der Waals surface area contributed by atoms with Crippen molar-refractivity contribution < 1.29 is 9.53 Å². The van der Waals surface area contributed by atoms with E-state index < -0.39 is 0 Å². The minimum atomic E-state index is -0.138. The van der Waals surface area contributed by atoms with Crippen LogP contribution in [-0.2, 0) is 4.74 Å². The van der Waals surface area contributed by atoms with Crippen LogP contribution in [0.3, 0.4) is 0 Å². The van der Waals surface area contributed by atoms with Crippen molar-refractivity contribution in [3.63, 3.8) is 0 Å². The molecule has 3 atom stereocenters. The summed E-state index contributed by atoms with van der Waals surface area (Å²) in [5.41, 5.74) is 1.12. The Kier molecular flexibility index (Phi) is 7.57. The van der Waals surface area contributed by atoms with Gasteiger partial charge in [0.05, 0.1) is 6.04 Å². The summed E-state index contributed by atoms with van der Waals surface area (Å²) in [5.74, 6) is 0.441. The molecule has 1 aromatic carbocycles. The maximum Gasteiger partial charge on any atom is 0.410 e. The molecule has 4 nitrogen and oxygen atoms in total. The molecule has 2 heterocycles. The van der Waals surface area contributed by atoms with Gasteiger partial charge in [-0.15, -0.1) is 0 Å². The number of cyclic esters (lactones) is 1. The quantitative estimate of drug-likeness (QED) is 0.593. The van der Waals surface area contributed by atoms with Gasteiger partial charge in [0.2, 0.25) is 0 Å². The molecule has 3 rings (SSSR count). The zero-order valence-corrected chi connectivity index (χ0v) is 17.1. The third-order valence-corrected chi connectivity index (χ3v) is 6.18.